The molecule has 1 nitrogen and oxygen atoms in total. The molecule has 2 heteroatoms. The Morgan fingerprint density at radius 1 is 0.920 bits per heavy atom. The highest BCUT2D eigenvalue weighted by atomic mass is 28.4. The molecular formula is C23H40OSi. The van der Waals surface area contributed by atoms with E-state index >= 15 is 0 Å². The smallest absolute Gasteiger partial charge is 0.192 e. The summed E-state index contributed by atoms with van der Waals surface area (Å²) in [5.74, 6) is 0. The lowest BCUT2D eigenvalue weighted by atomic mass is 9.90. The first-order chi connectivity index (χ1) is 12.0. The van der Waals surface area contributed by atoms with Gasteiger partial charge in [0.2, 0.25) is 0 Å². The summed E-state index contributed by atoms with van der Waals surface area (Å²) in [4.78, 5) is 0. The lowest BCUT2D eigenvalue weighted by molar-refractivity contribution is 0.0397. The molecule has 0 aliphatic carbocycles. The number of benzene rings is 1. The molecule has 25 heavy (non-hydrogen) atoms. The standard InChI is InChI=1S/C23H40OSi/c1-7-21(22-17-14-13-15-18-22)19-16-20-23(8-2,9-3)24-25(10-4,11-5)12-6/h13-15,17-19H,7-12,16,20H2,1-6H3. The van der Waals surface area contributed by atoms with Gasteiger partial charge in [-0.15, -0.1) is 0 Å². The Labute approximate surface area is 158 Å². The summed E-state index contributed by atoms with van der Waals surface area (Å²) < 4.78 is 7.00. The topological polar surface area (TPSA) is 9.23 Å². The molecule has 0 atom stereocenters. The quantitative estimate of drug-likeness (QED) is 0.345. The molecular weight excluding hydrogens is 320 g/mol. The molecule has 0 saturated heterocycles. The van der Waals surface area contributed by atoms with Crippen molar-refractivity contribution in [2.75, 3.05) is 0 Å². The fraction of sp³-hybridized carbons (Fsp3) is 0.652. The largest absolute Gasteiger partial charge is 0.411 e. The summed E-state index contributed by atoms with van der Waals surface area (Å²) >= 11 is 0. The Morgan fingerprint density at radius 2 is 1.48 bits per heavy atom. The van der Waals surface area contributed by atoms with Crippen molar-refractivity contribution in [1.82, 2.24) is 0 Å². The molecule has 0 unspecified atom stereocenters. The van der Waals surface area contributed by atoms with Gasteiger partial charge in [0.1, 0.15) is 0 Å². The van der Waals surface area contributed by atoms with Crippen LogP contribution in [0.5, 0.6) is 0 Å². The maximum atomic E-state index is 7.00. The van der Waals surface area contributed by atoms with E-state index in [1.54, 1.807) is 0 Å². The Morgan fingerprint density at radius 3 is 1.92 bits per heavy atom. The number of allylic oxidation sites excluding steroid dienone is 2. The minimum Gasteiger partial charge on any atom is -0.411 e. The maximum absolute atomic E-state index is 7.00. The minimum absolute atomic E-state index is 0.0697. The fourth-order valence-electron chi connectivity index (χ4n) is 3.85. The molecule has 0 heterocycles. The van der Waals surface area contributed by atoms with E-state index in [-0.39, 0.29) is 5.60 Å². The average molecular weight is 361 g/mol. The second-order valence-corrected chi connectivity index (χ2v) is 11.9. The predicted octanol–water partition coefficient (Wildman–Crippen LogP) is 7.84. The van der Waals surface area contributed by atoms with E-state index in [0.29, 0.717) is 0 Å². The second kappa shape index (κ2) is 11.0. The van der Waals surface area contributed by atoms with Crippen molar-refractivity contribution in [3.05, 3.63) is 42.0 Å². The third-order valence-electron chi connectivity index (χ3n) is 6.17. The van der Waals surface area contributed by atoms with Gasteiger partial charge in [-0.2, -0.15) is 0 Å². The zero-order chi connectivity index (χ0) is 18.8. The molecule has 1 aromatic carbocycles. The first-order valence-corrected chi connectivity index (χ1v) is 13.0. The van der Waals surface area contributed by atoms with Gasteiger partial charge in [-0.3, -0.25) is 0 Å². The molecule has 0 N–H and O–H groups in total. The van der Waals surface area contributed by atoms with Gasteiger partial charge in [-0.25, -0.2) is 0 Å². The third kappa shape index (κ3) is 6.11. The van der Waals surface area contributed by atoms with E-state index in [2.05, 4.69) is 78.0 Å². The normalized spacial score (nSPS) is 13.3. The van der Waals surface area contributed by atoms with Crippen LogP contribution >= 0.6 is 0 Å². The van der Waals surface area contributed by atoms with Crippen LogP contribution in [-0.2, 0) is 4.43 Å². The first-order valence-electron chi connectivity index (χ1n) is 10.5. The molecule has 0 amide bonds. The van der Waals surface area contributed by atoms with Crippen molar-refractivity contribution >= 4 is 13.9 Å². The first kappa shape index (κ1) is 22.2. The van der Waals surface area contributed by atoms with Gasteiger partial charge < -0.3 is 4.43 Å². The van der Waals surface area contributed by atoms with Gasteiger partial charge in [0, 0.05) is 0 Å². The van der Waals surface area contributed by atoms with Crippen LogP contribution in [0.25, 0.3) is 5.57 Å². The van der Waals surface area contributed by atoms with Crippen LogP contribution in [0.2, 0.25) is 18.1 Å². The van der Waals surface area contributed by atoms with Gasteiger partial charge >= 0.3 is 0 Å². The van der Waals surface area contributed by atoms with Crippen LogP contribution in [-0.4, -0.2) is 13.9 Å². The Kier molecular flexibility index (Phi) is 9.74. The fourth-order valence-corrected chi connectivity index (χ4v) is 7.10. The number of hydrogen-bond donors (Lipinski definition) is 0. The zero-order valence-electron chi connectivity index (χ0n) is 17.5. The summed E-state index contributed by atoms with van der Waals surface area (Å²) in [5.41, 5.74) is 2.90. The summed E-state index contributed by atoms with van der Waals surface area (Å²) in [6, 6.07) is 14.5. The lowest BCUT2D eigenvalue weighted by Gasteiger charge is -2.42. The van der Waals surface area contributed by atoms with Crippen molar-refractivity contribution in [2.45, 2.75) is 97.4 Å². The Hall–Kier alpha value is -0.863. The van der Waals surface area contributed by atoms with Crippen molar-refractivity contribution < 1.29 is 4.43 Å². The SMILES string of the molecule is CCC(=CCCC(CC)(CC)O[Si](CC)(CC)CC)c1ccccc1. The number of hydrogen-bond acceptors (Lipinski definition) is 1. The van der Waals surface area contributed by atoms with E-state index in [1.807, 2.05) is 0 Å². The Balaban J connectivity index is 2.88. The van der Waals surface area contributed by atoms with Gasteiger partial charge in [0.25, 0.3) is 0 Å². The molecule has 0 radical (unpaired) electrons. The van der Waals surface area contributed by atoms with E-state index in [9.17, 15) is 0 Å². The minimum atomic E-state index is -1.56. The van der Waals surface area contributed by atoms with Crippen LogP contribution in [0.4, 0.5) is 0 Å². The van der Waals surface area contributed by atoms with Crippen molar-refractivity contribution in [3.8, 4) is 0 Å². The number of rotatable bonds is 12. The van der Waals surface area contributed by atoms with Gasteiger partial charge in [0.05, 0.1) is 5.60 Å². The molecule has 142 valence electrons. The average Bonchev–Trinajstić information content (AvgIpc) is 2.69. The molecule has 0 saturated carbocycles. The highest BCUT2D eigenvalue weighted by Gasteiger charge is 2.38. The monoisotopic (exact) mass is 360 g/mol. The van der Waals surface area contributed by atoms with E-state index in [0.717, 1.165) is 32.1 Å². The molecule has 0 aliphatic heterocycles. The highest BCUT2D eigenvalue weighted by Crippen LogP contribution is 2.35. The van der Waals surface area contributed by atoms with Crippen molar-refractivity contribution in [3.63, 3.8) is 0 Å². The third-order valence-corrected chi connectivity index (χ3v) is 10.9. The molecule has 0 spiro atoms. The van der Waals surface area contributed by atoms with Crippen LogP contribution in [0.15, 0.2) is 36.4 Å². The molecule has 0 fully saturated rings. The summed E-state index contributed by atoms with van der Waals surface area (Å²) in [6.07, 6.45) is 8.05. The van der Waals surface area contributed by atoms with Gasteiger partial charge in [0.15, 0.2) is 8.32 Å². The predicted molar refractivity (Wildman–Crippen MR) is 116 cm³/mol. The van der Waals surface area contributed by atoms with Gasteiger partial charge in [-0.05, 0) is 61.4 Å². The zero-order valence-corrected chi connectivity index (χ0v) is 18.5. The molecule has 0 bridgehead atoms. The van der Waals surface area contributed by atoms with E-state index in [1.165, 1.54) is 29.3 Å². The molecule has 0 aliphatic rings. The summed E-state index contributed by atoms with van der Waals surface area (Å²) in [7, 11) is -1.56. The second-order valence-electron chi connectivity index (χ2n) is 7.22. The van der Waals surface area contributed by atoms with Crippen LogP contribution in [0.3, 0.4) is 0 Å². The van der Waals surface area contributed by atoms with Crippen LogP contribution < -0.4 is 0 Å². The van der Waals surface area contributed by atoms with Crippen LogP contribution in [0.1, 0.15) is 79.2 Å². The van der Waals surface area contributed by atoms with E-state index in [4.69, 9.17) is 4.43 Å². The van der Waals surface area contributed by atoms with Crippen LogP contribution in [0, 0.1) is 0 Å². The summed E-state index contributed by atoms with van der Waals surface area (Å²) in [5, 5.41) is 0. The Bertz CT molecular complexity index is 490. The van der Waals surface area contributed by atoms with Gasteiger partial charge in [-0.1, -0.05) is 78.0 Å². The molecule has 1 aromatic rings. The molecule has 0 aromatic heterocycles. The van der Waals surface area contributed by atoms with E-state index < -0.39 is 8.32 Å². The maximum Gasteiger partial charge on any atom is 0.192 e. The van der Waals surface area contributed by atoms with Crippen molar-refractivity contribution in [2.24, 2.45) is 0 Å². The molecule has 1 rings (SSSR count). The highest BCUT2D eigenvalue weighted by molar-refractivity contribution is 6.73. The lowest BCUT2D eigenvalue weighted by Crippen LogP contribution is -2.46. The summed E-state index contributed by atoms with van der Waals surface area (Å²) in [6.45, 7) is 13.9. The van der Waals surface area contributed by atoms with Crippen molar-refractivity contribution in [1.29, 1.82) is 0 Å².